The second-order valence-corrected chi connectivity index (χ2v) is 6.93. The number of piperidine rings is 1. The van der Waals surface area contributed by atoms with Crippen LogP contribution < -0.4 is 14.2 Å². The molecule has 2 aromatic rings. The van der Waals surface area contributed by atoms with E-state index in [4.69, 9.17) is 14.2 Å². The monoisotopic (exact) mass is 385 g/mol. The zero-order valence-electron chi connectivity index (χ0n) is 16.6. The van der Waals surface area contributed by atoms with E-state index in [1.54, 1.807) is 21.3 Å². The summed E-state index contributed by atoms with van der Waals surface area (Å²) in [7, 11) is 4.95. The minimum absolute atomic E-state index is 0.0642. The zero-order chi connectivity index (χ0) is 20.1. The number of rotatable bonds is 7. The molecular formula is C22H27NO5. The van der Waals surface area contributed by atoms with Gasteiger partial charge in [-0.3, -0.25) is 9.69 Å². The Hall–Kier alpha value is -2.73. The van der Waals surface area contributed by atoms with E-state index in [1.165, 1.54) is 0 Å². The summed E-state index contributed by atoms with van der Waals surface area (Å²) >= 11 is 0. The van der Waals surface area contributed by atoms with Crippen LogP contribution in [-0.4, -0.2) is 50.4 Å². The van der Waals surface area contributed by atoms with Crippen molar-refractivity contribution in [2.24, 2.45) is 5.92 Å². The maximum Gasteiger partial charge on any atom is 0.306 e. The summed E-state index contributed by atoms with van der Waals surface area (Å²) < 4.78 is 16.4. The Kier molecular flexibility index (Phi) is 6.41. The van der Waals surface area contributed by atoms with E-state index in [1.807, 2.05) is 42.5 Å². The van der Waals surface area contributed by atoms with Crippen molar-refractivity contribution in [2.75, 3.05) is 34.4 Å². The van der Waals surface area contributed by atoms with Gasteiger partial charge >= 0.3 is 5.97 Å². The standard InChI is InChI=1S/C22H27NO5/c1-26-17-6-4-15(5-7-17)21(23-12-10-16(11-13-23)22(24)25)19-14-18(27-2)8-9-20(19)28-3/h4-9,14,16,21H,10-13H2,1-3H3,(H,24,25). The molecule has 1 N–H and O–H groups in total. The molecule has 0 spiro atoms. The fourth-order valence-electron chi connectivity index (χ4n) is 3.83. The average molecular weight is 385 g/mol. The molecule has 0 bridgehead atoms. The topological polar surface area (TPSA) is 68.2 Å². The minimum Gasteiger partial charge on any atom is -0.497 e. The number of carbonyl (C=O) groups is 1. The first-order chi connectivity index (χ1) is 13.6. The maximum absolute atomic E-state index is 11.4. The third-order valence-corrected chi connectivity index (χ3v) is 5.41. The third-order valence-electron chi connectivity index (χ3n) is 5.41. The molecule has 0 aliphatic carbocycles. The van der Waals surface area contributed by atoms with Crippen molar-refractivity contribution in [1.82, 2.24) is 4.90 Å². The van der Waals surface area contributed by atoms with Crippen molar-refractivity contribution in [3.8, 4) is 17.2 Å². The molecule has 0 saturated carbocycles. The highest BCUT2D eigenvalue weighted by Gasteiger charge is 2.31. The second-order valence-electron chi connectivity index (χ2n) is 6.93. The van der Waals surface area contributed by atoms with Gasteiger partial charge in [-0.2, -0.15) is 0 Å². The lowest BCUT2D eigenvalue weighted by molar-refractivity contribution is -0.143. The van der Waals surface area contributed by atoms with Crippen LogP contribution in [0, 0.1) is 5.92 Å². The van der Waals surface area contributed by atoms with Gasteiger partial charge < -0.3 is 19.3 Å². The van der Waals surface area contributed by atoms with Gasteiger partial charge in [0.2, 0.25) is 0 Å². The molecule has 2 aromatic carbocycles. The molecule has 6 nitrogen and oxygen atoms in total. The first-order valence-corrected chi connectivity index (χ1v) is 9.40. The van der Waals surface area contributed by atoms with Crippen molar-refractivity contribution in [3.05, 3.63) is 53.6 Å². The third kappa shape index (κ3) is 4.22. The Morgan fingerprint density at radius 2 is 1.57 bits per heavy atom. The van der Waals surface area contributed by atoms with Gasteiger partial charge in [0, 0.05) is 5.56 Å². The molecule has 1 unspecified atom stereocenters. The predicted octanol–water partition coefficient (Wildman–Crippen LogP) is 3.60. The van der Waals surface area contributed by atoms with Crippen LogP contribution in [0.4, 0.5) is 0 Å². The van der Waals surface area contributed by atoms with Gasteiger partial charge in [-0.05, 0) is 61.8 Å². The summed E-state index contributed by atoms with van der Waals surface area (Å²) in [6, 6.07) is 13.7. The van der Waals surface area contributed by atoms with Gasteiger partial charge in [0.1, 0.15) is 17.2 Å². The maximum atomic E-state index is 11.4. The number of nitrogens with zero attached hydrogens (tertiary/aromatic N) is 1. The molecule has 28 heavy (non-hydrogen) atoms. The van der Waals surface area contributed by atoms with Crippen molar-refractivity contribution < 1.29 is 24.1 Å². The van der Waals surface area contributed by atoms with Crippen LogP contribution in [0.5, 0.6) is 17.2 Å². The van der Waals surface area contributed by atoms with Gasteiger partial charge in [-0.1, -0.05) is 12.1 Å². The summed E-state index contributed by atoms with van der Waals surface area (Å²) in [5.74, 6) is 1.35. The lowest BCUT2D eigenvalue weighted by Crippen LogP contribution is -2.39. The molecule has 1 aliphatic rings. The number of ether oxygens (including phenoxy) is 3. The number of carboxylic acids is 1. The Morgan fingerprint density at radius 3 is 2.11 bits per heavy atom. The van der Waals surface area contributed by atoms with E-state index in [9.17, 15) is 9.90 Å². The Morgan fingerprint density at radius 1 is 0.964 bits per heavy atom. The molecule has 0 amide bonds. The molecule has 6 heteroatoms. The van der Waals surface area contributed by atoms with E-state index < -0.39 is 5.97 Å². The summed E-state index contributed by atoms with van der Waals surface area (Å²) in [5.41, 5.74) is 2.10. The quantitative estimate of drug-likeness (QED) is 0.785. The van der Waals surface area contributed by atoms with Crippen LogP contribution in [-0.2, 0) is 4.79 Å². The summed E-state index contributed by atoms with van der Waals surface area (Å²) in [6.07, 6.45) is 1.27. The smallest absolute Gasteiger partial charge is 0.306 e. The van der Waals surface area contributed by atoms with Crippen LogP contribution in [0.3, 0.4) is 0 Å². The molecule has 1 fully saturated rings. The fraction of sp³-hybridized carbons (Fsp3) is 0.409. The van der Waals surface area contributed by atoms with Crippen molar-refractivity contribution in [3.63, 3.8) is 0 Å². The normalized spacial score (nSPS) is 16.4. The molecule has 1 atom stereocenters. The Bertz CT molecular complexity index is 797. The Labute approximate surface area is 165 Å². The number of carboxylic acid groups (broad SMARTS) is 1. The molecular weight excluding hydrogens is 358 g/mol. The van der Waals surface area contributed by atoms with Gasteiger partial charge in [0.15, 0.2) is 0 Å². The van der Waals surface area contributed by atoms with E-state index in [-0.39, 0.29) is 12.0 Å². The summed E-state index contributed by atoms with van der Waals surface area (Å²) in [5, 5.41) is 9.34. The summed E-state index contributed by atoms with van der Waals surface area (Å²) in [6.45, 7) is 1.40. The van der Waals surface area contributed by atoms with E-state index in [2.05, 4.69) is 4.90 Å². The largest absolute Gasteiger partial charge is 0.497 e. The van der Waals surface area contributed by atoms with Gasteiger partial charge in [0.05, 0.1) is 33.3 Å². The lowest BCUT2D eigenvalue weighted by Gasteiger charge is -2.37. The molecule has 0 radical (unpaired) electrons. The van der Waals surface area contributed by atoms with Crippen molar-refractivity contribution in [1.29, 1.82) is 0 Å². The number of hydrogen-bond acceptors (Lipinski definition) is 5. The van der Waals surface area contributed by atoms with Crippen LogP contribution in [0.25, 0.3) is 0 Å². The van der Waals surface area contributed by atoms with E-state index >= 15 is 0 Å². The number of likely N-dealkylation sites (tertiary alicyclic amines) is 1. The molecule has 1 heterocycles. The van der Waals surface area contributed by atoms with Gasteiger partial charge in [-0.15, -0.1) is 0 Å². The molecule has 0 aromatic heterocycles. The SMILES string of the molecule is COc1ccc(C(c2cc(OC)ccc2OC)N2CCC(C(=O)O)CC2)cc1. The second kappa shape index (κ2) is 8.97. The van der Waals surface area contributed by atoms with Crippen LogP contribution >= 0.6 is 0 Å². The first kappa shape index (κ1) is 20.0. The summed E-state index contributed by atoms with van der Waals surface area (Å²) in [4.78, 5) is 13.7. The number of methoxy groups -OCH3 is 3. The predicted molar refractivity (Wildman–Crippen MR) is 106 cm³/mol. The lowest BCUT2D eigenvalue weighted by atomic mass is 9.90. The molecule has 1 aliphatic heterocycles. The number of aliphatic carboxylic acids is 1. The van der Waals surface area contributed by atoms with Crippen LogP contribution in [0.2, 0.25) is 0 Å². The highest BCUT2D eigenvalue weighted by molar-refractivity contribution is 5.70. The van der Waals surface area contributed by atoms with Gasteiger partial charge in [-0.25, -0.2) is 0 Å². The molecule has 150 valence electrons. The average Bonchev–Trinajstić information content (AvgIpc) is 2.74. The highest BCUT2D eigenvalue weighted by atomic mass is 16.5. The van der Waals surface area contributed by atoms with Crippen molar-refractivity contribution in [2.45, 2.75) is 18.9 Å². The van der Waals surface area contributed by atoms with Crippen LogP contribution in [0.15, 0.2) is 42.5 Å². The van der Waals surface area contributed by atoms with Crippen molar-refractivity contribution >= 4 is 5.97 Å². The molecule has 3 rings (SSSR count). The Balaban J connectivity index is 2.01. The first-order valence-electron chi connectivity index (χ1n) is 9.40. The highest BCUT2D eigenvalue weighted by Crippen LogP contribution is 2.39. The minimum atomic E-state index is -0.709. The van der Waals surface area contributed by atoms with E-state index in [0.29, 0.717) is 25.9 Å². The van der Waals surface area contributed by atoms with Crippen LogP contribution in [0.1, 0.15) is 30.0 Å². The van der Waals surface area contributed by atoms with E-state index in [0.717, 1.165) is 28.4 Å². The molecule has 1 saturated heterocycles. The number of benzene rings is 2. The van der Waals surface area contributed by atoms with Gasteiger partial charge in [0.25, 0.3) is 0 Å². The number of hydrogen-bond donors (Lipinski definition) is 1. The zero-order valence-corrected chi connectivity index (χ0v) is 16.6. The fourth-order valence-corrected chi connectivity index (χ4v) is 3.83.